The van der Waals surface area contributed by atoms with E-state index in [9.17, 15) is 4.79 Å². The van der Waals surface area contributed by atoms with E-state index in [2.05, 4.69) is 5.32 Å². The second-order valence-electron chi connectivity index (χ2n) is 3.92. The molecule has 0 aliphatic rings. The number of methoxy groups -OCH3 is 1. The first-order valence-electron chi connectivity index (χ1n) is 5.89. The van der Waals surface area contributed by atoms with Crippen molar-refractivity contribution in [2.75, 3.05) is 34.3 Å². The molecule has 1 aromatic carbocycles. The zero-order valence-corrected chi connectivity index (χ0v) is 12.3. The number of ether oxygens (including phenoxy) is 2. The molecule has 0 radical (unpaired) electrons. The molecule has 0 aliphatic heterocycles. The number of carbonyl (C=O) groups excluding carboxylic acids is 1. The van der Waals surface area contributed by atoms with Gasteiger partial charge in [-0.25, -0.2) is 4.79 Å². The van der Waals surface area contributed by atoms with Gasteiger partial charge in [0.15, 0.2) is 0 Å². The van der Waals surface area contributed by atoms with E-state index in [1.807, 2.05) is 7.05 Å². The Labute approximate surface area is 120 Å². The van der Waals surface area contributed by atoms with Crippen molar-refractivity contribution in [2.24, 2.45) is 0 Å². The maximum absolute atomic E-state index is 11.7. The highest BCUT2D eigenvalue weighted by Gasteiger charge is 2.10. The van der Waals surface area contributed by atoms with E-state index in [4.69, 9.17) is 9.47 Å². The molecule has 0 atom stereocenters. The van der Waals surface area contributed by atoms with E-state index in [0.29, 0.717) is 12.3 Å². The van der Waals surface area contributed by atoms with Gasteiger partial charge >= 0.3 is 6.09 Å². The van der Waals surface area contributed by atoms with Crippen LogP contribution in [0.2, 0.25) is 0 Å². The van der Waals surface area contributed by atoms with Gasteiger partial charge in [-0.2, -0.15) is 0 Å². The normalized spacial score (nSPS) is 9.42. The predicted molar refractivity (Wildman–Crippen MR) is 77.4 cm³/mol. The van der Waals surface area contributed by atoms with Crippen LogP contribution in [-0.4, -0.2) is 45.3 Å². The lowest BCUT2D eigenvalue weighted by Gasteiger charge is -2.16. The van der Waals surface area contributed by atoms with Crippen LogP contribution < -0.4 is 14.8 Å². The Kier molecular flexibility index (Phi) is 8.74. The van der Waals surface area contributed by atoms with Crippen molar-refractivity contribution in [1.82, 2.24) is 10.2 Å². The third-order valence-corrected chi connectivity index (χ3v) is 2.50. The summed E-state index contributed by atoms with van der Waals surface area (Å²) in [7, 11) is 5.20. The van der Waals surface area contributed by atoms with E-state index >= 15 is 0 Å². The summed E-state index contributed by atoms with van der Waals surface area (Å²) in [5, 5.41) is 3.03. The minimum Gasteiger partial charge on any atom is -0.497 e. The fourth-order valence-electron chi connectivity index (χ4n) is 1.41. The third kappa shape index (κ3) is 6.31. The van der Waals surface area contributed by atoms with Crippen molar-refractivity contribution in [3.8, 4) is 11.5 Å². The molecule has 0 unspecified atom stereocenters. The molecule has 1 amide bonds. The molecule has 0 saturated heterocycles. The Morgan fingerprint density at radius 1 is 1.26 bits per heavy atom. The first-order chi connectivity index (χ1) is 8.67. The van der Waals surface area contributed by atoms with Crippen molar-refractivity contribution in [3.63, 3.8) is 0 Å². The zero-order valence-electron chi connectivity index (χ0n) is 11.5. The number of halogens is 1. The van der Waals surface area contributed by atoms with Crippen LogP contribution in [0.5, 0.6) is 11.5 Å². The summed E-state index contributed by atoms with van der Waals surface area (Å²) in [4.78, 5) is 13.3. The summed E-state index contributed by atoms with van der Waals surface area (Å²) >= 11 is 0. The van der Waals surface area contributed by atoms with Crippen molar-refractivity contribution in [2.45, 2.75) is 6.42 Å². The molecule has 6 heteroatoms. The highest BCUT2D eigenvalue weighted by Crippen LogP contribution is 2.17. The second kappa shape index (κ2) is 9.47. The first-order valence-corrected chi connectivity index (χ1v) is 5.89. The van der Waals surface area contributed by atoms with Crippen LogP contribution in [0.25, 0.3) is 0 Å². The molecule has 0 bridgehead atoms. The van der Waals surface area contributed by atoms with Gasteiger partial charge in [0, 0.05) is 13.6 Å². The van der Waals surface area contributed by atoms with Gasteiger partial charge in [0.05, 0.1) is 7.11 Å². The minimum atomic E-state index is -0.351. The Hall–Kier alpha value is -1.46. The van der Waals surface area contributed by atoms with Crippen LogP contribution in [-0.2, 0) is 0 Å². The summed E-state index contributed by atoms with van der Waals surface area (Å²) in [6.07, 6.45) is 0.543. The monoisotopic (exact) mass is 288 g/mol. The summed E-state index contributed by atoms with van der Waals surface area (Å²) < 4.78 is 10.2. The van der Waals surface area contributed by atoms with Gasteiger partial charge in [-0.15, -0.1) is 12.4 Å². The van der Waals surface area contributed by atoms with Gasteiger partial charge in [0.1, 0.15) is 11.5 Å². The highest BCUT2D eigenvalue weighted by molar-refractivity contribution is 5.85. The van der Waals surface area contributed by atoms with E-state index in [1.54, 1.807) is 43.3 Å². The quantitative estimate of drug-likeness (QED) is 0.815. The van der Waals surface area contributed by atoms with E-state index in [-0.39, 0.29) is 18.5 Å². The largest absolute Gasteiger partial charge is 0.497 e. The number of nitrogens with zero attached hydrogens (tertiary/aromatic N) is 1. The molecule has 0 heterocycles. The number of carbonyl (C=O) groups is 1. The minimum absolute atomic E-state index is 0. The van der Waals surface area contributed by atoms with Crippen LogP contribution in [0.3, 0.4) is 0 Å². The average Bonchev–Trinajstić information content (AvgIpc) is 2.39. The third-order valence-electron chi connectivity index (χ3n) is 2.50. The molecule has 0 aromatic heterocycles. The van der Waals surface area contributed by atoms with Gasteiger partial charge < -0.3 is 19.7 Å². The Bertz CT molecular complexity index is 371. The Morgan fingerprint density at radius 2 is 1.84 bits per heavy atom. The summed E-state index contributed by atoms with van der Waals surface area (Å²) in [5.74, 6) is 1.25. The van der Waals surface area contributed by atoms with Crippen molar-refractivity contribution in [3.05, 3.63) is 24.3 Å². The molecule has 0 saturated carbocycles. The molecule has 1 aromatic rings. The van der Waals surface area contributed by atoms with E-state index in [0.717, 1.165) is 18.7 Å². The molecule has 1 N–H and O–H groups in total. The second-order valence-corrected chi connectivity index (χ2v) is 3.92. The van der Waals surface area contributed by atoms with E-state index < -0.39 is 0 Å². The lowest BCUT2D eigenvalue weighted by atomic mass is 10.3. The van der Waals surface area contributed by atoms with Crippen LogP contribution in [0.1, 0.15) is 6.42 Å². The molecule has 5 nitrogen and oxygen atoms in total. The summed E-state index contributed by atoms with van der Waals surface area (Å²) in [6.45, 7) is 1.54. The molecular weight excluding hydrogens is 268 g/mol. The first kappa shape index (κ1) is 17.5. The van der Waals surface area contributed by atoms with Crippen molar-refractivity contribution >= 4 is 18.5 Å². The number of hydrogen-bond donors (Lipinski definition) is 1. The molecule has 1 rings (SSSR count). The maximum atomic E-state index is 11.7. The standard InChI is InChI=1S/C13H20N2O3.ClH/c1-14-9-4-10-15(2)13(16)18-12-7-5-11(17-3)6-8-12;/h5-8,14H,4,9-10H2,1-3H3;1H. The molecule has 0 spiro atoms. The van der Waals surface area contributed by atoms with Crippen molar-refractivity contribution in [1.29, 1.82) is 0 Å². The van der Waals surface area contributed by atoms with Crippen molar-refractivity contribution < 1.29 is 14.3 Å². The topological polar surface area (TPSA) is 50.8 Å². The molecule has 0 fully saturated rings. The molecular formula is C13H21ClN2O3. The Morgan fingerprint density at radius 3 is 2.37 bits per heavy atom. The predicted octanol–water partition coefficient (Wildman–Crippen LogP) is 2.16. The highest BCUT2D eigenvalue weighted by atomic mass is 35.5. The lowest BCUT2D eigenvalue weighted by Crippen LogP contribution is -2.31. The number of amides is 1. The molecule has 108 valence electrons. The molecule has 0 aliphatic carbocycles. The van der Waals surface area contributed by atoms with Gasteiger partial charge in [-0.3, -0.25) is 0 Å². The van der Waals surface area contributed by atoms with Crippen LogP contribution >= 0.6 is 12.4 Å². The van der Waals surface area contributed by atoms with Crippen LogP contribution in [0.4, 0.5) is 4.79 Å². The summed E-state index contributed by atoms with van der Waals surface area (Å²) in [6, 6.07) is 6.92. The van der Waals surface area contributed by atoms with Gasteiger partial charge in [0.2, 0.25) is 0 Å². The Balaban J connectivity index is 0.00000324. The van der Waals surface area contributed by atoms with Gasteiger partial charge in [-0.1, -0.05) is 0 Å². The SMILES string of the molecule is CNCCCN(C)C(=O)Oc1ccc(OC)cc1.Cl. The number of rotatable bonds is 6. The smallest absolute Gasteiger partial charge is 0.414 e. The number of hydrogen-bond acceptors (Lipinski definition) is 4. The van der Waals surface area contributed by atoms with Gasteiger partial charge in [-0.05, 0) is 44.3 Å². The fourth-order valence-corrected chi connectivity index (χ4v) is 1.41. The van der Waals surface area contributed by atoms with Crippen LogP contribution in [0, 0.1) is 0 Å². The maximum Gasteiger partial charge on any atom is 0.414 e. The average molecular weight is 289 g/mol. The number of benzene rings is 1. The zero-order chi connectivity index (χ0) is 13.4. The van der Waals surface area contributed by atoms with Crippen LogP contribution in [0.15, 0.2) is 24.3 Å². The lowest BCUT2D eigenvalue weighted by molar-refractivity contribution is 0.162. The summed E-state index contributed by atoms with van der Waals surface area (Å²) in [5.41, 5.74) is 0. The molecule has 19 heavy (non-hydrogen) atoms. The number of nitrogens with one attached hydrogen (secondary N) is 1. The fraction of sp³-hybridized carbons (Fsp3) is 0.462. The van der Waals surface area contributed by atoms with E-state index in [1.165, 1.54) is 0 Å². The van der Waals surface area contributed by atoms with Gasteiger partial charge in [0.25, 0.3) is 0 Å².